The minimum atomic E-state index is 0.140. The van der Waals surface area contributed by atoms with E-state index >= 15 is 0 Å². The third-order valence-corrected chi connectivity index (χ3v) is 4.60. The molecular weight excluding hydrogens is 246 g/mol. The number of benzene rings is 1. The van der Waals surface area contributed by atoms with Crippen LogP contribution in [-0.4, -0.2) is 48.6 Å². The molecule has 20 heavy (non-hydrogen) atoms. The number of piperazine rings is 1. The first-order chi connectivity index (χ1) is 9.61. The lowest BCUT2D eigenvalue weighted by Crippen LogP contribution is -2.48. The highest BCUT2D eigenvalue weighted by atomic mass is 15.3. The van der Waals surface area contributed by atoms with Crippen molar-refractivity contribution in [2.24, 2.45) is 5.73 Å². The molecule has 0 bridgehead atoms. The summed E-state index contributed by atoms with van der Waals surface area (Å²) in [6, 6.07) is 7.73. The van der Waals surface area contributed by atoms with Gasteiger partial charge in [-0.25, -0.2) is 0 Å². The van der Waals surface area contributed by atoms with Crippen LogP contribution in [0.15, 0.2) is 18.2 Å². The van der Waals surface area contributed by atoms with Crippen LogP contribution in [0.4, 0.5) is 0 Å². The smallest absolute Gasteiger partial charge is 0.0424 e. The number of nitrogens with zero attached hydrogens (tertiary/aromatic N) is 2. The van der Waals surface area contributed by atoms with E-state index in [2.05, 4.69) is 41.8 Å². The van der Waals surface area contributed by atoms with Gasteiger partial charge in [-0.1, -0.05) is 29.3 Å². The van der Waals surface area contributed by atoms with Gasteiger partial charge in [0, 0.05) is 44.8 Å². The van der Waals surface area contributed by atoms with Crippen LogP contribution in [0, 0.1) is 13.8 Å². The van der Waals surface area contributed by atoms with Gasteiger partial charge in [0.2, 0.25) is 0 Å². The maximum atomic E-state index is 6.42. The molecule has 0 spiro atoms. The Labute approximate surface area is 122 Å². The maximum absolute atomic E-state index is 6.42. The van der Waals surface area contributed by atoms with Gasteiger partial charge in [-0.15, -0.1) is 0 Å². The summed E-state index contributed by atoms with van der Waals surface area (Å²) in [6.45, 7) is 10.1. The molecule has 1 aliphatic carbocycles. The Morgan fingerprint density at radius 2 is 1.65 bits per heavy atom. The molecule has 1 saturated carbocycles. The van der Waals surface area contributed by atoms with Gasteiger partial charge in [-0.2, -0.15) is 0 Å². The van der Waals surface area contributed by atoms with Crippen LogP contribution in [-0.2, 0) is 0 Å². The fourth-order valence-corrected chi connectivity index (χ4v) is 3.36. The summed E-state index contributed by atoms with van der Waals surface area (Å²) in [4.78, 5) is 5.18. The SMILES string of the molecule is Cc1cc(C)cc(C(N)CN2CCN(C3CC3)CC2)c1. The van der Waals surface area contributed by atoms with Crippen molar-refractivity contribution in [2.45, 2.75) is 38.8 Å². The first kappa shape index (κ1) is 14.1. The summed E-state index contributed by atoms with van der Waals surface area (Å²) < 4.78 is 0. The summed E-state index contributed by atoms with van der Waals surface area (Å²) in [5.41, 5.74) is 10.3. The van der Waals surface area contributed by atoms with E-state index in [9.17, 15) is 0 Å². The average molecular weight is 273 g/mol. The first-order valence-electron chi connectivity index (χ1n) is 7.92. The molecular formula is C17H27N3. The van der Waals surface area contributed by atoms with Crippen molar-refractivity contribution in [2.75, 3.05) is 32.7 Å². The lowest BCUT2D eigenvalue weighted by molar-refractivity contribution is 0.121. The van der Waals surface area contributed by atoms with E-state index in [1.807, 2.05) is 0 Å². The molecule has 2 fully saturated rings. The molecule has 1 saturated heterocycles. The molecule has 0 aromatic heterocycles. The van der Waals surface area contributed by atoms with Crippen LogP contribution in [0.3, 0.4) is 0 Å². The van der Waals surface area contributed by atoms with Crippen molar-refractivity contribution in [3.63, 3.8) is 0 Å². The summed E-state index contributed by atoms with van der Waals surface area (Å²) >= 11 is 0. The zero-order valence-electron chi connectivity index (χ0n) is 12.8. The molecule has 3 heteroatoms. The third kappa shape index (κ3) is 3.40. The second-order valence-corrected chi connectivity index (χ2v) is 6.60. The van der Waals surface area contributed by atoms with Gasteiger partial charge in [0.05, 0.1) is 0 Å². The topological polar surface area (TPSA) is 32.5 Å². The Bertz CT molecular complexity index is 439. The predicted molar refractivity (Wildman–Crippen MR) is 83.9 cm³/mol. The molecule has 1 aromatic rings. The highest BCUT2D eigenvalue weighted by molar-refractivity contribution is 5.30. The minimum absolute atomic E-state index is 0.140. The van der Waals surface area contributed by atoms with Gasteiger partial charge in [0.25, 0.3) is 0 Å². The molecule has 0 amide bonds. The second kappa shape index (κ2) is 5.84. The van der Waals surface area contributed by atoms with Gasteiger partial charge < -0.3 is 5.73 Å². The standard InChI is InChI=1S/C17H27N3/c1-13-9-14(2)11-15(10-13)17(18)12-19-5-7-20(8-6-19)16-3-4-16/h9-11,16-17H,3-8,12,18H2,1-2H3. The summed E-state index contributed by atoms with van der Waals surface area (Å²) in [7, 11) is 0. The Morgan fingerprint density at radius 3 is 2.20 bits per heavy atom. The summed E-state index contributed by atoms with van der Waals surface area (Å²) in [5, 5.41) is 0. The molecule has 1 atom stereocenters. The van der Waals surface area contributed by atoms with Gasteiger partial charge in [-0.3, -0.25) is 9.80 Å². The van der Waals surface area contributed by atoms with Gasteiger partial charge >= 0.3 is 0 Å². The molecule has 0 radical (unpaired) electrons. The van der Waals surface area contributed by atoms with Crippen molar-refractivity contribution in [3.05, 3.63) is 34.9 Å². The normalized spacial score (nSPS) is 22.9. The Morgan fingerprint density at radius 1 is 1.05 bits per heavy atom. The molecule has 110 valence electrons. The molecule has 3 nitrogen and oxygen atoms in total. The summed E-state index contributed by atoms with van der Waals surface area (Å²) in [6.07, 6.45) is 2.84. The zero-order valence-corrected chi connectivity index (χ0v) is 12.8. The van der Waals surface area contributed by atoms with E-state index in [-0.39, 0.29) is 6.04 Å². The molecule has 1 aliphatic heterocycles. The van der Waals surface area contributed by atoms with E-state index < -0.39 is 0 Å². The molecule has 1 unspecified atom stereocenters. The first-order valence-corrected chi connectivity index (χ1v) is 7.92. The number of hydrogen-bond donors (Lipinski definition) is 1. The number of rotatable bonds is 4. The number of nitrogens with two attached hydrogens (primary N) is 1. The van der Waals surface area contributed by atoms with E-state index in [1.165, 1.54) is 55.7 Å². The minimum Gasteiger partial charge on any atom is -0.323 e. The van der Waals surface area contributed by atoms with E-state index in [1.54, 1.807) is 0 Å². The van der Waals surface area contributed by atoms with Crippen LogP contribution < -0.4 is 5.73 Å². The largest absolute Gasteiger partial charge is 0.323 e. The fraction of sp³-hybridized carbons (Fsp3) is 0.647. The van der Waals surface area contributed by atoms with Crippen molar-refractivity contribution in [1.82, 2.24) is 9.80 Å². The maximum Gasteiger partial charge on any atom is 0.0424 e. The Kier molecular flexibility index (Phi) is 4.11. The fourth-order valence-electron chi connectivity index (χ4n) is 3.36. The highest BCUT2D eigenvalue weighted by Crippen LogP contribution is 2.27. The van der Waals surface area contributed by atoms with Crippen LogP contribution in [0.25, 0.3) is 0 Å². The predicted octanol–water partition coefficient (Wildman–Crippen LogP) is 2.08. The number of hydrogen-bond acceptors (Lipinski definition) is 3. The number of aryl methyl sites for hydroxylation is 2. The Hall–Kier alpha value is -0.900. The Balaban J connectivity index is 1.54. The van der Waals surface area contributed by atoms with Crippen LogP contribution in [0.5, 0.6) is 0 Å². The van der Waals surface area contributed by atoms with E-state index in [4.69, 9.17) is 5.73 Å². The van der Waals surface area contributed by atoms with Crippen molar-refractivity contribution >= 4 is 0 Å². The average Bonchev–Trinajstić information content (AvgIpc) is 3.23. The van der Waals surface area contributed by atoms with E-state index in [0.29, 0.717) is 0 Å². The monoisotopic (exact) mass is 273 g/mol. The van der Waals surface area contributed by atoms with Crippen LogP contribution >= 0.6 is 0 Å². The lowest BCUT2D eigenvalue weighted by atomic mass is 10.0. The van der Waals surface area contributed by atoms with Gasteiger partial charge in [0.15, 0.2) is 0 Å². The van der Waals surface area contributed by atoms with Crippen molar-refractivity contribution < 1.29 is 0 Å². The van der Waals surface area contributed by atoms with Crippen LogP contribution in [0.2, 0.25) is 0 Å². The molecule has 3 rings (SSSR count). The van der Waals surface area contributed by atoms with Crippen molar-refractivity contribution in [3.8, 4) is 0 Å². The molecule has 1 aromatic carbocycles. The highest BCUT2D eigenvalue weighted by Gasteiger charge is 2.31. The van der Waals surface area contributed by atoms with E-state index in [0.717, 1.165) is 12.6 Å². The zero-order chi connectivity index (χ0) is 14.1. The van der Waals surface area contributed by atoms with Gasteiger partial charge in [-0.05, 0) is 32.3 Å². The summed E-state index contributed by atoms with van der Waals surface area (Å²) in [5.74, 6) is 0. The molecule has 1 heterocycles. The van der Waals surface area contributed by atoms with Gasteiger partial charge in [0.1, 0.15) is 0 Å². The third-order valence-electron chi connectivity index (χ3n) is 4.60. The molecule has 2 aliphatic rings. The van der Waals surface area contributed by atoms with Crippen LogP contribution in [0.1, 0.15) is 35.6 Å². The lowest BCUT2D eigenvalue weighted by Gasteiger charge is -2.36. The molecule has 2 N–H and O–H groups in total. The quantitative estimate of drug-likeness (QED) is 0.911. The second-order valence-electron chi connectivity index (χ2n) is 6.60. The van der Waals surface area contributed by atoms with Crippen molar-refractivity contribution in [1.29, 1.82) is 0 Å².